The van der Waals surface area contributed by atoms with Gasteiger partial charge >= 0.3 is 0 Å². The number of anilines is 3. The Kier molecular flexibility index (Phi) is 4.97. The predicted molar refractivity (Wildman–Crippen MR) is 106 cm³/mol. The molecule has 0 aliphatic heterocycles. The van der Waals surface area contributed by atoms with Gasteiger partial charge in [-0.1, -0.05) is 36.6 Å². The Morgan fingerprint density at radius 1 is 0.923 bits per heavy atom. The van der Waals surface area contributed by atoms with Gasteiger partial charge in [0.1, 0.15) is 5.82 Å². The highest BCUT2D eigenvalue weighted by Gasteiger charge is 2.17. The fourth-order valence-electron chi connectivity index (χ4n) is 3.19. The number of aromatic nitrogens is 3. The van der Waals surface area contributed by atoms with Crippen molar-refractivity contribution in [1.82, 2.24) is 15.0 Å². The lowest BCUT2D eigenvalue weighted by Crippen LogP contribution is -2.17. The maximum Gasteiger partial charge on any atom is 0.225 e. The van der Waals surface area contributed by atoms with Crippen LogP contribution in [0.25, 0.3) is 11.4 Å². The van der Waals surface area contributed by atoms with E-state index in [2.05, 4.69) is 25.6 Å². The van der Waals surface area contributed by atoms with Crippen LogP contribution in [0.5, 0.6) is 0 Å². The third kappa shape index (κ3) is 4.11. The van der Waals surface area contributed by atoms with Gasteiger partial charge in [-0.2, -0.15) is 4.98 Å². The van der Waals surface area contributed by atoms with Gasteiger partial charge in [0.15, 0.2) is 0 Å². The second kappa shape index (κ2) is 7.70. The topological polar surface area (TPSA) is 62.7 Å². The van der Waals surface area contributed by atoms with Gasteiger partial charge in [-0.3, -0.25) is 4.98 Å². The van der Waals surface area contributed by atoms with Crippen LogP contribution in [0, 0.1) is 0 Å². The van der Waals surface area contributed by atoms with Crippen LogP contribution in [-0.4, -0.2) is 21.0 Å². The van der Waals surface area contributed by atoms with Crippen molar-refractivity contribution in [2.45, 2.75) is 31.7 Å². The molecule has 26 heavy (non-hydrogen) atoms. The van der Waals surface area contributed by atoms with Crippen molar-refractivity contribution in [3.8, 4) is 11.4 Å². The van der Waals surface area contributed by atoms with E-state index in [1.165, 1.54) is 12.8 Å². The number of hydrogen-bond acceptors (Lipinski definition) is 5. The zero-order valence-corrected chi connectivity index (χ0v) is 15.1. The molecule has 1 aliphatic carbocycles. The van der Waals surface area contributed by atoms with E-state index in [9.17, 15) is 0 Å². The molecule has 1 fully saturated rings. The van der Waals surface area contributed by atoms with Crippen molar-refractivity contribution >= 4 is 29.1 Å². The fourth-order valence-corrected chi connectivity index (χ4v) is 3.38. The van der Waals surface area contributed by atoms with E-state index in [1.807, 2.05) is 48.5 Å². The number of nitrogens with zero attached hydrogens (tertiary/aromatic N) is 3. The molecule has 2 N–H and O–H groups in total. The standard InChI is InChI=1S/C20H20ClN5/c21-14-6-5-9-16(12-14)23-19-13-18(17-10-3-4-11-22-17)25-20(26-19)24-15-7-1-2-8-15/h3-6,9-13,15H,1-2,7-8H2,(H2,23,24,25,26). The molecule has 0 amide bonds. The van der Waals surface area contributed by atoms with Crippen LogP contribution >= 0.6 is 11.6 Å². The van der Waals surface area contributed by atoms with Crippen molar-refractivity contribution in [3.05, 3.63) is 59.8 Å². The molecule has 0 atom stereocenters. The molecule has 2 aromatic heterocycles. The van der Waals surface area contributed by atoms with E-state index in [0.29, 0.717) is 22.8 Å². The zero-order valence-electron chi connectivity index (χ0n) is 14.3. The third-order valence-electron chi connectivity index (χ3n) is 4.44. The summed E-state index contributed by atoms with van der Waals surface area (Å²) < 4.78 is 0. The summed E-state index contributed by atoms with van der Waals surface area (Å²) >= 11 is 6.09. The first kappa shape index (κ1) is 16.8. The molecular weight excluding hydrogens is 346 g/mol. The average Bonchev–Trinajstić information content (AvgIpc) is 3.15. The second-order valence-electron chi connectivity index (χ2n) is 6.44. The van der Waals surface area contributed by atoms with E-state index in [1.54, 1.807) is 6.20 Å². The van der Waals surface area contributed by atoms with Crippen molar-refractivity contribution in [2.75, 3.05) is 10.6 Å². The lowest BCUT2D eigenvalue weighted by Gasteiger charge is -2.15. The lowest BCUT2D eigenvalue weighted by molar-refractivity contribution is 0.744. The summed E-state index contributed by atoms with van der Waals surface area (Å²) in [6.45, 7) is 0. The number of halogens is 1. The smallest absolute Gasteiger partial charge is 0.225 e. The highest BCUT2D eigenvalue weighted by Crippen LogP contribution is 2.26. The second-order valence-corrected chi connectivity index (χ2v) is 6.87. The highest BCUT2D eigenvalue weighted by molar-refractivity contribution is 6.30. The van der Waals surface area contributed by atoms with Gasteiger partial charge in [0, 0.05) is 29.0 Å². The summed E-state index contributed by atoms with van der Waals surface area (Å²) in [5, 5.41) is 7.47. The Morgan fingerprint density at radius 3 is 2.58 bits per heavy atom. The van der Waals surface area contributed by atoms with Gasteiger partial charge < -0.3 is 10.6 Å². The average molecular weight is 366 g/mol. The molecule has 0 spiro atoms. The fraction of sp³-hybridized carbons (Fsp3) is 0.250. The summed E-state index contributed by atoms with van der Waals surface area (Å²) in [4.78, 5) is 13.7. The molecule has 0 radical (unpaired) electrons. The number of rotatable bonds is 5. The molecule has 2 heterocycles. The number of nitrogens with one attached hydrogen (secondary N) is 2. The van der Waals surface area contributed by atoms with Crippen LogP contribution in [-0.2, 0) is 0 Å². The molecule has 6 heteroatoms. The normalized spacial score (nSPS) is 14.3. The van der Waals surface area contributed by atoms with Crippen molar-refractivity contribution < 1.29 is 0 Å². The maximum atomic E-state index is 6.09. The molecule has 0 saturated heterocycles. The summed E-state index contributed by atoms with van der Waals surface area (Å²) in [6.07, 6.45) is 6.60. The lowest BCUT2D eigenvalue weighted by atomic mass is 10.2. The number of pyridine rings is 1. The van der Waals surface area contributed by atoms with Crippen LogP contribution in [0.1, 0.15) is 25.7 Å². The van der Waals surface area contributed by atoms with Crippen LogP contribution < -0.4 is 10.6 Å². The SMILES string of the molecule is Clc1cccc(Nc2cc(-c3ccccn3)nc(NC3CCCC3)n2)c1. The van der Waals surface area contributed by atoms with Crippen molar-refractivity contribution in [2.24, 2.45) is 0 Å². The molecule has 1 saturated carbocycles. The molecule has 5 nitrogen and oxygen atoms in total. The largest absolute Gasteiger partial charge is 0.351 e. The first-order chi connectivity index (χ1) is 12.8. The number of benzene rings is 1. The van der Waals surface area contributed by atoms with Crippen molar-refractivity contribution in [3.63, 3.8) is 0 Å². The predicted octanol–water partition coefficient (Wildman–Crippen LogP) is 5.29. The van der Waals surface area contributed by atoms with Crippen LogP contribution in [0.3, 0.4) is 0 Å². The molecule has 4 rings (SSSR count). The van der Waals surface area contributed by atoms with Crippen LogP contribution in [0.15, 0.2) is 54.7 Å². The maximum absolute atomic E-state index is 6.09. The van der Waals surface area contributed by atoms with E-state index in [0.717, 1.165) is 29.9 Å². The summed E-state index contributed by atoms with van der Waals surface area (Å²) in [6, 6.07) is 15.7. The minimum absolute atomic E-state index is 0.438. The van der Waals surface area contributed by atoms with Crippen LogP contribution in [0.4, 0.5) is 17.5 Å². The molecule has 1 aromatic carbocycles. The first-order valence-electron chi connectivity index (χ1n) is 8.86. The minimum Gasteiger partial charge on any atom is -0.351 e. The molecule has 3 aromatic rings. The quantitative estimate of drug-likeness (QED) is 0.643. The minimum atomic E-state index is 0.438. The van der Waals surface area contributed by atoms with Gasteiger partial charge in [0.05, 0.1) is 11.4 Å². The Morgan fingerprint density at radius 2 is 1.81 bits per heavy atom. The van der Waals surface area contributed by atoms with Gasteiger partial charge in [0.2, 0.25) is 5.95 Å². The molecule has 1 aliphatic rings. The Bertz CT molecular complexity index is 878. The Hall–Kier alpha value is -2.66. The molecular formula is C20H20ClN5. The van der Waals surface area contributed by atoms with Crippen LogP contribution in [0.2, 0.25) is 5.02 Å². The van der Waals surface area contributed by atoms with Gasteiger partial charge in [-0.15, -0.1) is 0 Å². The van der Waals surface area contributed by atoms with Gasteiger partial charge in [-0.05, 0) is 43.2 Å². The summed E-state index contributed by atoms with van der Waals surface area (Å²) in [5.41, 5.74) is 2.49. The van der Waals surface area contributed by atoms with E-state index in [4.69, 9.17) is 11.6 Å². The van der Waals surface area contributed by atoms with Gasteiger partial charge in [0.25, 0.3) is 0 Å². The number of hydrogen-bond donors (Lipinski definition) is 2. The highest BCUT2D eigenvalue weighted by atomic mass is 35.5. The summed E-state index contributed by atoms with van der Waals surface area (Å²) in [7, 11) is 0. The zero-order chi connectivity index (χ0) is 17.8. The monoisotopic (exact) mass is 365 g/mol. The third-order valence-corrected chi connectivity index (χ3v) is 4.67. The molecule has 132 valence electrons. The van der Waals surface area contributed by atoms with E-state index < -0.39 is 0 Å². The van der Waals surface area contributed by atoms with Crippen molar-refractivity contribution in [1.29, 1.82) is 0 Å². The van der Waals surface area contributed by atoms with E-state index >= 15 is 0 Å². The summed E-state index contributed by atoms with van der Waals surface area (Å²) in [5.74, 6) is 1.34. The van der Waals surface area contributed by atoms with Gasteiger partial charge in [-0.25, -0.2) is 4.98 Å². The molecule has 0 bridgehead atoms. The Labute approximate surface area is 157 Å². The van der Waals surface area contributed by atoms with E-state index in [-0.39, 0.29) is 0 Å². The molecule has 0 unspecified atom stereocenters. The first-order valence-corrected chi connectivity index (χ1v) is 9.24. The Balaban J connectivity index is 1.67.